The van der Waals surface area contributed by atoms with Crippen LogP contribution in [0.2, 0.25) is 0 Å². The lowest BCUT2D eigenvalue weighted by atomic mass is 9.79. The number of fused-ring (bicyclic) bond motifs is 2. The van der Waals surface area contributed by atoms with Crippen LogP contribution in [0.25, 0.3) is 21.9 Å². The Hall–Kier alpha value is -5.10. The highest BCUT2D eigenvalue weighted by Crippen LogP contribution is 2.36. The number of benzene rings is 2. The molecule has 12 heteroatoms. The SMILES string of the molecule is Cn1ccc2c(=O)n(CC3(O)CCN(C(=O)[C@@H]4CCN(C(=O)c5ccc6nc[nH]c(=O)c6c5)C[C@H]4c4ccccc4)CC3)cnc21. The summed E-state index contributed by atoms with van der Waals surface area (Å²) in [6, 6.07) is 16.4. The van der Waals surface area contributed by atoms with Crippen molar-refractivity contribution >= 4 is 33.8 Å². The van der Waals surface area contributed by atoms with Crippen molar-refractivity contribution in [3.63, 3.8) is 0 Å². The second-order valence-electron chi connectivity index (χ2n) is 12.5. The number of H-pyrrole nitrogens is 1. The Kier molecular flexibility index (Phi) is 7.52. The van der Waals surface area contributed by atoms with Crippen LogP contribution in [0.4, 0.5) is 0 Å². The smallest absolute Gasteiger partial charge is 0.262 e. The molecule has 0 unspecified atom stereocenters. The lowest BCUT2D eigenvalue weighted by Gasteiger charge is -2.43. The predicted octanol–water partition coefficient (Wildman–Crippen LogP) is 2.27. The first-order chi connectivity index (χ1) is 22.2. The Morgan fingerprint density at radius 2 is 1.76 bits per heavy atom. The molecule has 0 saturated carbocycles. The maximum Gasteiger partial charge on any atom is 0.262 e. The van der Waals surface area contributed by atoms with E-state index in [1.165, 1.54) is 17.2 Å². The van der Waals surface area contributed by atoms with E-state index in [0.717, 1.165) is 5.56 Å². The van der Waals surface area contributed by atoms with Crippen molar-refractivity contribution in [3.8, 4) is 0 Å². The van der Waals surface area contributed by atoms with Crippen LogP contribution >= 0.6 is 0 Å². The molecule has 3 aromatic heterocycles. The summed E-state index contributed by atoms with van der Waals surface area (Å²) >= 11 is 0. The minimum absolute atomic E-state index is 0.0101. The van der Waals surface area contributed by atoms with Gasteiger partial charge in [0.1, 0.15) is 12.0 Å². The predicted molar refractivity (Wildman–Crippen MR) is 171 cm³/mol. The molecule has 236 valence electrons. The molecule has 2 amide bonds. The van der Waals surface area contributed by atoms with E-state index >= 15 is 0 Å². The fourth-order valence-electron chi connectivity index (χ4n) is 7.00. The number of nitrogens with one attached hydrogen (secondary N) is 1. The Balaban J connectivity index is 1.06. The van der Waals surface area contributed by atoms with Crippen LogP contribution in [0.15, 0.2) is 83.0 Å². The Labute approximate surface area is 263 Å². The number of aromatic nitrogens is 5. The molecule has 0 spiro atoms. The molecular formula is C34H35N7O5. The molecule has 46 heavy (non-hydrogen) atoms. The summed E-state index contributed by atoms with van der Waals surface area (Å²) in [6.45, 7) is 1.60. The van der Waals surface area contributed by atoms with Gasteiger partial charge < -0.3 is 24.5 Å². The van der Waals surface area contributed by atoms with E-state index in [4.69, 9.17) is 0 Å². The first-order valence-corrected chi connectivity index (χ1v) is 15.5. The molecule has 2 aliphatic heterocycles. The average Bonchev–Trinajstić information content (AvgIpc) is 3.46. The number of carbonyl (C=O) groups excluding carboxylic acids is 2. The molecule has 2 aromatic carbocycles. The highest BCUT2D eigenvalue weighted by Gasteiger charge is 2.41. The zero-order chi connectivity index (χ0) is 32.0. The number of rotatable bonds is 5. The van der Waals surface area contributed by atoms with Gasteiger partial charge in [-0.25, -0.2) is 9.97 Å². The maximum absolute atomic E-state index is 14.1. The van der Waals surface area contributed by atoms with Crippen LogP contribution in [0.1, 0.15) is 41.1 Å². The van der Waals surface area contributed by atoms with E-state index in [1.54, 1.807) is 39.9 Å². The van der Waals surface area contributed by atoms with E-state index in [-0.39, 0.29) is 41.3 Å². The molecule has 5 heterocycles. The fourth-order valence-corrected chi connectivity index (χ4v) is 7.00. The van der Waals surface area contributed by atoms with Crippen molar-refractivity contribution in [2.24, 2.45) is 13.0 Å². The van der Waals surface area contributed by atoms with Crippen LogP contribution in [0, 0.1) is 5.92 Å². The number of nitrogens with zero attached hydrogens (tertiary/aromatic N) is 6. The quantitative estimate of drug-likeness (QED) is 0.306. The number of carbonyl (C=O) groups is 2. The van der Waals surface area contributed by atoms with Gasteiger partial charge in [0.2, 0.25) is 5.91 Å². The summed E-state index contributed by atoms with van der Waals surface area (Å²) < 4.78 is 3.24. The molecule has 2 atom stereocenters. The molecule has 7 rings (SSSR count). The van der Waals surface area contributed by atoms with Crippen molar-refractivity contribution in [1.82, 2.24) is 33.9 Å². The number of likely N-dealkylation sites (tertiary alicyclic amines) is 2. The number of piperidine rings is 2. The molecule has 0 bridgehead atoms. The van der Waals surface area contributed by atoms with Gasteiger partial charge in [-0.2, -0.15) is 0 Å². The van der Waals surface area contributed by atoms with E-state index in [0.29, 0.717) is 72.9 Å². The van der Waals surface area contributed by atoms with Crippen molar-refractivity contribution in [3.05, 3.63) is 105 Å². The normalized spacial score (nSPS) is 19.9. The van der Waals surface area contributed by atoms with Crippen LogP contribution < -0.4 is 11.1 Å². The van der Waals surface area contributed by atoms with Crippen LogP contribution in [-0.2, 0) is 18.4 Å². The standard InChI is InChI=1S/C34H35N7O5/c1-38-13-9-25-29(38)37-21-41(33(25)45)19-34(46)11-15-39(16-12-34)32(44)24-10-14-40(18-27(24)22-5-3-2-4-6-22)31(43)23-7-8-28-26(17-23)30(42)36-20-35-28/h2-9,13,17,20-21,24,27,46H,10-12,14-16,18-19H2,1H3,(H,35,36,42)/t24-,27+/m1/s1. The number of aryl methyl sites for hydroxylation is 1. The minimum Gasteiger partial charge on any atom is -0.388 e. The Morgan fingerprint density at radius 1 is 0.978 bits per heavy atom. The maximum atomic E-state index is 14.1. The second-order valence-corrected chi connectivity index (χ2v) is 12.5. The average molecular weight is 622 g/mol. The molecule has 12 nitrogen and oxygen atoms in total. The third-order valence-electron chi connectivity index (χ3n) is 9.65. The summed E-state index contributed by atoms with van der Waals surface area (Å²) in [4.78, 5) is 67.8. The highest BCUT2D eigenvalue weighted by molar-refractivity contribution is 5.98. The summed E-state index contributed by atoms with van der Waals surface area (Å²) in [5, 5.41) is 12.3. The van der Waals surface area contributed by atoms with Gasteiger partial charge in [-0.05, 0) is 49.1 Å². The number of hydrogen-bond donors (Lipinski definition) is 2. The second kappa shape index (κ2) is 11.7. The minimum atomic E-state index is -1.14. The molecule has 2 N–H and O–H groups in total. The Bertz CT molecular complexity index is 2060. The van der Waals surface area contributed by atoms with Gasteiger partial charge >= 0.3 is 0 Å². The first-order valence-electron chi connectivity index (χ1n) is 15.5. The van der Waals surface area contributed by atoms with E-state index < -0.39 is 5.60 Å². The molecule has 2 saturated heterocycles. The van der Waals surface area contributed by atoms with E-state index in [1.807, 2.05) is 42.3 Å². The molecule has 0 aliphatic carbocycles. The van der Waals surface area contributed by atoms with E-state index in [9.17, 15) is 24.3 Å². The van der Waals surface area contributed by atoms with Crippen molar-refractivity contribution < 1.29 is 14.7 Å². The number of hydrogen-bond acceptors (Lipinski definition) is 7. The summed E-state index contributed by atoms with van der Waals surface area (Å²) in [5.74, 6) is -0.747. The van der Waals surface area contributed by atoms with Gasteiger partial charge in [0.05, 0.1) is 34.8 Å². The zero-order valence-electron chi connectivity index (χ0n) is 25.5. The zero-order valence-corrected chi connectivity index (χ0v) is 25.5. The van der Waals surface area contributed by atoms with Gasteiger partial charge in [0.15, 0.2) is 0 Å². The number of aliphatic hydroxyl groups is 1. The fraction of sp³-hybridized carbons (Fsp3) is 0.353. The van der Waals surface area contributed by atoms with Crippen molar-refractivity contribution in [1.29, 1.82) is 0 Å². The van der Waals surface area contributed by atoms with Gasteiger partial charge in [-0.15, -0.1) is 0 Å². The van der Waals surface area contributed by atoms with E-state index in [2.05, 4.69) is 15.0 Å². The van der Waals surface area contributed by atoms with Crippen LogP contribution in [0.5, 0.6) is 0 Å². The van der Waals surface area contributed by atoms with Crippen LogP contribution in [0.3, 0.4) is 0 Å². The van der Waals surface area contributed by atoms with Gasteiger partial charge in [-0.1, -0.05) is 30.3 Å². The number of aromatic amines is 1. The monoisotopic (exact) mass is 621 g/mol. The summed E-state index contributed by atoms with van der Waals surface area (Å²) in [6.07, 6.45) is 5.76. The first kappa shape index (κ1) is 29.6. The lowest BCUT2D eigenvalue weighted by molar-refractivity contribution is -0.142. The third-order valence-corrected chi connectivity index (χ3v) is 9.65. The molecular weight excluding hydrogens is 586 g/mol. The summed E-state index contributed by atoms with van der Waals surface area (Å²) in [7, 11) is 1.83. The highest BCUT2D eigenvalue weighted by atomic mass is 16.3. The van der Waals surface area contributed by atoms with Crippen LogP contribution in [-0.4, -0.2) is 82.6 Å². The van der Waals surface area contributed by atoms with Gasteiger partial charge in [0.25, 0.3) is 17.0 Å². The van der Waals surface area contributed by atoms with Crippen molar-refractivity contribution in [2.75, 3.05) is 26.2 Å². The number of amides is 2. The topological polar surface area (TPSA) is 146 Å². The van der Waals surface area contributed by atoms with Crippen molar-refractivity contribution in [2.45, 2.75) is 37.3 Å². The molecule has 2 fully saturated rings. The largest absolute Gasteiger partial charge is 0.388 e. The van der Waals surface area contributed by atoms with Gasteiger partial charge in [-0.3, -0.25) is 23.7 Å². The lowest BCUT2D eigenvalue weighted by Crippen LogP contribution is -2.53. The molecule has 0 radical (unpaired) electrons. The Morgan fingerprint density at radius 3 is 2.54 bits per heavy atom. The third kappa shape index (κ3) is 5.38. The molecule has 5 aromatic rings. The van der Waals surface area contributed by atoms with Gasteiger partial charge in [0, 0.05) is 56.8 Å². The summed E-state index contributed by atoms with van der Waals surface area (Å²) in [5.41, 5.74) is 0.849. The molecule has 2 aliphatic rings.